The molecule has 29 heavy (non-hydrogen) atoms. The summed E-state index contributed by atoms with van der Waals surface area (Å²) in [5.41, 5.74) is -0.416. The van der Waals surface area contributed by atoms with Crippen LogP contribution in [0.4, 0.5) is 5.69 Å². The zero-order chi connectivity index (χ0) is 21.2. The Morgan fingerprint density at radius 2 is 1.97 bits per heavy atom. The predicted octanol–water partition coefficient (Wildman–Crippen LogP) is 3.82. The number of rotatable bonds is 11. The Balaban J connectivity index is 1.60. The lowest BCUT2D eigenvalue weighted by Gasteiger charge is -2.09. The lowest BCUT2D eigenvalue weighted by molar-refractivity contribution is -0.385. The SMILES string of the molecule is O=C(CCCOc1ccc(Cl)cc1Cl)NCCCCn1cc([N+](=O)[O-])ccc1=O. The van der Waals surface area contributed by atoms with Gasteiger partial charge in [-0.25, -0.2) is 0 Å². The van der Waals surface area contributed by atoms with E-state index in [0.717, 1.165) is 0 Å². The highest BCUT2D eigenvalue weighted by molar-refractivity contribution is 6.35. The molecule has 0 spiro atoms. The summed E-state index contributed by atoms with van der Waals surface area (Å²) in [5.74, 6) is 0.427. The van der Waals surface area contributed by atoms with Crippen LogP contribution in [0.1, 0.15) is 25.7 Å². The molecular formula is C19H21Cl2N3O5. The van der Waals surface area contributed by atoms with Crippen molar-refractivity contribution in [1.29, 1.82) is 0 Å². The van der Waals surface area contributed by atoms with Crippen molar-refractivity contribution in [2.45, 2.75) is 32.2 Å². The number of pyridine rings is 1. The Labute approximate surface area is 177 Å². The zero-order valence-electron chi connectivity index (χ0n) is 15.6. The normalized spacial score (nSPS) is 10.6. The molecule has 0 aliphatic rings. The molecule has 1 heterocycles. The Morgan fingerprint density at radius 3 is 2.69 bits per heavy atom. The second-order valence-electron chi connectivity index (χ2n) is 6.26. The molecule has 1 aromatic carbocycles. The molecule has 0 fully saturated rings. The fourth-order valence-electron chi connectivity index (χ4n) is 2.53. The van der Waals surface area contributed by atoms with Gasteiger partial charge in [0.15, 0.2) is 0 Å². The predicted molar refractivity (Wildman–Crippen MR) is 111 cm³/mol. The maximum absolute atomic E-state index is 11.8. The number of carbonyl (C=O) groups excluding carboxylic acids is 1. The molecule has 0 saturated carbocycles. The van der Waals surface area contributed by atoms with Crippen molar-refractivity contribution in [3.63, 3.8) is 0 Å². The molecule has 0 radical (unpaired) electrons. The van der Waals surface area contributed by atoms with Crippen LogP contribution in [0.15, 0.2) is 41.3 Å². The average molecular weight is 442 g/mol. The number of benzene rings is 1. The van der Waals surface area contributed by atoms with E-state index in [1.165, 1.54) is 22.9 Å². The van der Waals surface area contributed by atoms with Gasteiger partial charge in [0, 0.05) is 36.7 Å². The summed E-state index contributed by atoms with van der Waals surface area (Å²) in [5, 5.41) is 14.5. The van der Waals surface area contributed by atoms with Crippen LogP contribution in [-0.2, 0) is 11.3 Å². The Bertz CT molecular complexity index is 917. The summed E-state index contributed by atoms with van der Waals surface area (Å²) in [6, 6.07) is 7.31. The van der Waals surface area contributed by atoms with Crippen LogP contribution in [0.3, 0.4) is 0 Å². The van der Waals surface area contributed by atoms with Gasteiger partial charge in [-0.05, 0) is 37.5 Å². The monoisotopic (exact) mass is 441 g/mol. The summed E-state index contributed by atoms with van der Waals surface area (Å²) >= 11 is 11.8. The number of amides is 1. The highest BCUT2D eigenvalue weighted by atomic mass is 35.5. The van der Waals surface area contributed by atoms with Crippen molar-refractivity contribution in [3.05, 3.63) is 67.0 Å². The van der Waals surface area contributed by atoms with Gasteiger partial charge >= 0.3 is 0 Å². The number of unbranched alkanes of at least 4 members (excludes halogenated alkanes) is 1. The minimum absolute atomic E-state index is 0.0941. The smallest absolute Gasteiger partial charge is 0.285 e. The van der Waals surface area contributed by atoms with E-state index in [9.17, 15) is 19.7 Å². The molecule has 0 atom stereocenters. The van der Waals surface area contributed by atoms with Gasteiger partial charge in [0.1, 0.15) is 5.75 Å². The number of nitrogens with one attached hydrogen (secondary N) is 1. The molecule has 156 valence electrons. The van der Waals surface area contributed by atoms with E-state index < -0.39 is 4.92 Å². The van der Waals surface area contributed by atoms with Crippen LogP contribution in [0, 0.1) is 10.1 Å². The summed E-state index contributed by atoms with van der Waals surface area (Å²) in [6.07, 6.45) is 3.34. The molecule has 0 unspecified atom stereocenters. The van der Waals surface area contributed by atoms with E-state index in [2.05, 4.69) is 5.32 Å². The molecular weight excluding hydrogens is 421 g/mol. The number of halogens is 2. The van der Waals surface area contributed by atoms with Crippen molar-refractivity contribution < 1.29 is 14.5 Å². The van der Waals surface area contributed by atoms with E-state index in [1.807, 2.05) is 0 Å². The van der Waals surface area contributed by atoms with Crippen molar-refractivity contribution >= 4 is 34.8 Å². The lowest BCUT2D eigenvalue weighted by Crippen LogP contribution is -2.25. The van der Waals surface area contributed by atoms with E-state index in [-0.39, 0.29) is 17.2 Å². The molecule has 0 bridgehead atoms. The maximum Gasteiger partial charge on any atom is 0.285 e. The fraction of sp³-hybridized carbons (Fsp3) is 0.368. The quantitative estimate of drug-likeness (QED) is 0.324. The number of aromatic nitrogens is 1. The van der Waals surface area contributed by atoms with Gasteiger partial charge in [0.25, 0.3) is 11.2 Å². The molecule has 0 aliphatic heterocycles. The van der Waals surface area contributed by atoms with Gasteiger partial charge in [-0.2, -0.15) is 0 Å². The third-order valence-electron chi connectivity index (χ3n) is 4.03. The molecule has 0 saturated heterocycles. The number of hydrogen-bond donors (Lipinski definition) is 1. The van der Waals surface area contributed by atoms with Gasteiger partial charge in [-0.15, -0.1) is 0 Å². The molecule has 0 aliphatic carbocycles. The number of nitro groups is 1. The minimum atomic E-state index is -0.541. The van der Waals surface area contributed by atoms with Gasteiger partial charge < -0.3 is 14.6 Å². The van der Waals surface area contributed by atoms with Crippen LogP contribution in [0.25, 0.3) is 0 Å². The third kappa shape index (κ3) is 7.75. The number of aryl methyl sites for hydroxylation is 1. The molecule has 10 heteroatoms. The van der Waals surface area contributed by atoms with Crippen molar-refractivity contribution in [2.75, 3.05) is 13.2 Å². The summed E-state index contributed by atoms with van der Waals surface area (Å²) < 4.78 is 6.83. The molecule has 8 nitrogen and oxygen atoms in total. The van der Waals surface area contributed by atoms with Gasteiger partial charge in [0.05, 0.1) is 22.7 Å². The van der Waals surface area contributed by atoms with Crippen molar-refractivity contribution in [3.8, 4) is 5.75 Å². The number of hydrogen-bond acceptors (Lipinski definition) is 5. The van der Waals surface area contributed by atoms with Crippen LogP contribution >= 0.6 is 23.2 Å². The maximum atomic E-state index is 11.8. The Morgan fingerprint density at radius 1 is 1.17 bits per heavy atom. The highest BCUT2D eigenvalue weighted by Gasteiger charge is 2.08. The molecule has 2 aromatic rings. The summed E-state index contributed by atoms with van der Waals surface area (Å²) in [6.45, 7) is 1.17. The van der Waals surface area contributed by atoms with E-state index >= 15 is 0 Å². The number of nitrogens with zero attached hydrogens (tertiary/aromatic N) is 2. The number of ether oxygens (including phenoxy) is 1. The first-order valence-electron chi connectivity index (χ1n) is 9.06. The zero-order valence-corrected chi connectivity index (χ0v) is 17.1. The summed E-state index contributed by atoms with van der Waals surface area (Å²) in [4.78, 5) is 33.7. The third-order valence-corrected chi connectivity index (χ3v) is 4.56. The van der Waals surface area contributed by atoms with Gasteiger partial charge in [-0.3, -0.25) is 19.7 Å². The van der Waals surface area contributed by atoms with Gasteiger partial charge in [-0.1, -0.05) is 23.2 Å². The molecule has 1 aromatic heterocycles. The van der Waals surface area contributed by atoms with Gasteiger partial charge in [0.2, 0.25) is 5.91 Å². The minimum Gasteiger partial charge on any atom is -0.492 e. The molecule has 1 N–H and O–H groups in total. The van der Waals surface area contributed by atoms with Crippen LogP contribution in [0.2, 0.25) is 10.0 Å². The first kappa shape index (κ1) is 22.7. The van der Waals surface area contributed by atoms with E-state index in [4.69, 9.17) is 27.9 Å². The first-order valence-corrected chi connectivity index (χ1v) is 9.82. The molecule has 2 rings (SSSR count). The van der Waals surface area contributed by atoms with Crippen molar-refractivity contribution in [1.82, 2.24) is 9.88 Å². The van der Waals surface area contributed by atoms with Crippen molar-refractivity contribution in [2.24, 2.45) is 0 Å². The van der Waals surface area contributed by atoms with E-state index in [1.54, 1.807) is 18.2 Å². The molecule has 1 amide bonds. The Kier molecular flexibility index (Phi) is 8.95. The fourth-order valence-corrected chi connectivity index (χ4v) is 2.99. The first-order chi connectivity index (χ1) is 13.9. The van der Waals surface area contributed by atoms with E-state index in [0.29, 0.717) is 61.2 Å². The number of carbonyl (C=O) groups is 1. The second kappa shape index (κ2) is 11.4. The topological polar surface area (TPSA) is 103 Å². The highest BCUT2D eigenvalue weighted by Crippen LogP contribution is 2.27. The van der Waals surface area contributed by atoms with Crippen LogP contribution in [-0.4, -0.2) is 28.5 Å². The largest absolute Gasteiger partial charge is 0.492 e. The van der Waals surface area contributed by atoms with Crippen LogP contribution < -0.4 is 15.6 Å². The second-order valence-corrected chi connectivity index (χ2v) is 7.10. The summed E-state index contributed by atoms with van der Waals surface area (Å²) in [7, 11) is 0. The average Bonchev–Trinajstić information content (AvgIpc) is 2.67. The van der Waals surface area contributed by atoms with Crippen LogP contribution in [0.5, 0.6) is 5.75 Å². The Hall–Kier alpha value is -2.58. The standard InChI is InChI=1S/C19H21Cl2N3O5/c20-14-5-7-17(16(21)12-14)29-11-3-4-18(25)22-9-1-2-10-23-13-15(24(27)28)6-8-19(23)26/h5-8,12-13H,1-4,9-11H2,(H,22,25). The lowest BCUT2D eigenvalue weighted by atomic mass is 10.2.